The monoisotopic (exact) mass is 452 g/mol. The maximum atomic E-state index is 13.4. The van der Waals surface area contributed by atoms with Crippen molar-refractivity contribution in [1.82, 2.24) is 15.3 Å². The fourth-order valence-electron chi connectivity index (χ4n) is 4.47. The van der Waals surface area contributed by atoms with Crippen LogP contribution in [0.15, 0.2) is 60.5 Å². The van der Waals surface area contributed by atoms with Gasteiger partial charge in [0, 0.05) is 38.5 Å². The van der Waals surface area contributed by atoms with Crippen LogP contribution in [0.25, 0.3) is 0 Å². The van der Waals surface area contributed by atoms with Gasteiger partial charge in [-0.1, -0.05) is 0 Å². The van der Waals surface area contributed by atoms with Gasteiger partial charge < -0.3 is 26.0 Å². The summed E-state index contributed by atoms with van der Waals surface area (Å²) in [7, 11) is 3.88. The smallest absolute Gasteiger partial charge is 0.250 e. The molecule has 2 heterocycles. The summed E-state index contributed by atoms with van der Waals surface area (Å²) in [5, 5.41) is 6.70. The Morgan fingerprint density at radius 2 is 1.94 bits per heavy atom. The maximum absolute atomic E-state index is 13.4. The Morgan fingerprint density at radius 3 is 2.61 bits per heavy atom. The summed E-state index contributed by atoms with van der Waals surface area (Å²) >= 11 is 0. The van der Waals surface area contributed by atoms with Gasteiger partial charge in [0.25, 0.3) is 5.91 Å². The van der Waals surface area contributed by atoms with Gasteiger partial charge in [-0.3, -0.25) is 4.79 Å². The molecule has 1 saturated carbocycles. The molecule has 0 saturated heterocycles. The topological polar surface area (TPSA) is 105 Å². The lowest BCUT2D eigenvalue weighted by Gasteiger charge is -2.45. The molecule has 1 amide bonds. The van der Waals surface area contributed by atoms with E-state index in [0.29, 0.717) is 17.3 Å². The molecule has 174 valence electrons. The molecular formula is C24H29FN6O2. The highest BCUT2D eigenvalue weighted by atomic mass is 19.1. The van der Waals surface area contributed by atoms with Gasteiger partial charge in [-0.05, 0) is 68.2 Å². The maximum Gasteiger partial charge on any atom is 0.250 e. The zero-order chi connectivity index (χ0) is 23.4. The van der Waals surface area contributed by atoms with Crippen molar-refractivity contribution in [2.24, 2.45) is 11.7 Å². The summed E-state index contributed by atoms with van der Waals surface area (Å²) in [6, 6.07) is 7.83. The summed E-state index contributed by atoms with van der Waals surface area (Å²) in [6.45, 7) is 0. The van der Waals surface area contributed by atoms with Crippen LogP contribution in [0.4, 0.5) is 16.2 Å². The molecule has 1 aromatic heterocycles. The molecule has 0 radical (unpaired) electrons. The first-order valence-corrected chi connectivity index (χ1v) is 11.0. The second-order valence-corrected chi connectivity index (χ2v) is 8.57. The number of halogens is 1. The lowest BCUT2D eigenvalue weighted by Crippen LogP contribution is -2.59. The summed E-state index contributed by atoms with van der Waals surface area (Å²) in [5.41, 5.74) is 4.98. The van der Waals surface area contributed by atoms with Crippen molar-refractivity contribution in [3.05, 3.63) is 66.3 Å². The Bertz CT molecular complexity index is 1050. The standard InChI is InChI=1S/C24H29FN6O2/c1-31(2)21-13-15-27-23(30-21)29-18-9-5-16(6-10-18)24(20(22(26)32)4-3-14-28-24)33-19-11-7-17(25)8-12-19/h3-4,7-8,11-16,18,28H,5-6,9-10H2,1-2H3,(H2,26,32)(H,27,29,30). The number of anilines is 2. The largest absolute Gasteiger partial charge is 0.463 e. The number of allylic oxidation sites excluding steroid dienone is 2. The second-order valence-electron chi connectivity index (χ2n) is 8.57. The molecule has 1 atom stereocenters. The number of rotatable bonds is 7. The van der Waals surface area contributed by atoms with Crippen LogP contribution in [0.3, 0.4) is 0 Å². The van der Waals surface area contributed by atoms with Crippen LogP contribution >= 0.6 is 0 Å². The molecule has 1 fully saturated rings. The summed E-state index contributed by atoms with van der Waals surface area (Å²) in [5.74, 6) is 0.952. The SMILES string of the molecule is CN(C)c1ccnc(NC2CCC(C3(Oc4ccc(F)cc4)NC=CC=C3C(N)=O)CC2)n1. The van der Waals surface area contributed by atoms with Crippen LogP contribution in [0, 0.1) is 11.7 Å². The predicted octanol–water partition coefficient (Wildman–Crippen LogP) is 2.96. The van der Waals surface area contributed by atoms with E-state index in [2.05, 4.69) is 20.6 Å². The second kappa shape index (κ2) is 9.48. The Labute approximate surface area is 192 Å². The van der Waals surface area contributed by atoms with Crippen molar-refractivity contribution in [3.8, 4) is 5.75 Å². The summed E-state index contributed by atoms with van der Waals surface area (Å²) in [6.07, 6.45) is 10.1. The molecule has 0 bridgehead atoms. The number of primary amides is 1. The van der Waals surface area contributed by atoms with Gasteiger partial charge in [-0.25, -0.2) is 9.37 Å². The first-order chi connectivity index (χ1) is 15.9. The van der Waals surface area contributed by atoms with Gasteiger partial charge in [0.05, 0.1) is 5.57 Å². The molecule has 2 aliphatic rings. The van der Waals surface area contributed by atoms with Gasteiger partial charge in [-0.2, -0.15) is 4.98 Å². The summed E-state index contributed by atoms with van der Waals surface area (Å²) < 4.78 is 19.8. The van der Waals surface area contributed by atoms with E-state index in [0.717, 1.165) is 31.5 Å². The number of hydrogen-bond acceptors (Lipinski definition) is 7. The molecule has 1 aliphatic heterocycles. The predicted molar refractivity (Wildman–Crippen MR) is 125 cm³/mol. The van der Waals surface area contributed by atoms with E-state index in [9.17, 15) is 9.18 Å². The number of hydrogen-bond donors (Lipinski definition) is 3. The van der Waals surface area contributed by atoms with Crippen LogP contribution in [0.1, 0.15) is 25.7 Å². The minimum absolute atomic E-state index is 0.0293. The fourth-order valence-corrected chi connectivity index (χ4v) is 4.47. The molecule has 8 nitrogen and oxygen atoms in total. The molecule has 1 aromatic carbocycles. The molecule has 2 aromatic rings. The van der Waals surface area contributed by atoms with Gasteiger partial charge in [0.2, 0.25) is 11.7 Å². The van der Waals surface area contributed by atoms with E-state index < -0.39 is 11.6 Å². The number of amides is 1. The quantitative estimate of drug-likeness (QED) is 0.593. The number of nitrogens with one attached hydrogen (secondary N) is 2. The van der Waals surface area contributed by atoms with Crippen molar-refractivity contribution in [3.63, 3.8) is 0 Å². The fraction of sp³-hybridized carbons (Fsp3) is 0.375. The molecule has 9 heteroatoms. The van der Waals surface area contributed by atoms with E-state index in [1.807, 2.05) is 25.1 Å². The number of carbonyl (C=O) groups is 1. The highest BCUT2D eigenvalue weighted by Gasteiger charge is 2.48. The third kappa shape index (κ3) is 4.92. The van der Waals surface area contributed by atoms with Crippen molar-refractivity contribution in [2.75, 3.05) is 24.3 Å². The van der Waals surface area contributed by atoms with Crippen LogP contribution in [-0.4, -0.2) is 41.7 Å². The Balaban J connectivity index is 1.51. The average Bonchev–Trinajstić information content (AvgIpc) is 2.81. The molecule has 4 N–H and O–H groups in total. The van der Waals surface area contributed by atoms with Crippen molar-refractivity contribution < 1.29 is 13.9 Å². The Morgan fingerprint density at radius 1 is 1.21 bits per heavy atom. The number of nitrogens with two attached hydrogens (primary N) is 1. The van der Waals surface area contributed by atoms with E-state index in [-0.39, 0.29) is 17.8 Å². The zero-order valence-electron chi connectivity index (χ0n) is 18.8. The van der Waals surface area contributed by atoms with Crippen molar-refractivity contribution >= 4 is 17.7 Å². The molecule has 1 unspecified atom stereocenters. The minimum Gasteiger partial charge on any atom is -0.463 e. The van der Waals surface area contributed by atoms with Gasteiger partial charge >= 0.3 is 0 Å². The third-order valence-corrected chi connectivity index (χ3v) is 6.15. The number of ether oxygens (including phenoxy) is 1. The molecule has 4 rings (SSSR count). The molecular weight excluding hydrogens is 423 g/mol. The van der Waals surface area contributed by atoms with Crippen molar-refractivity contribution in [1.29, 1.82) is 0 Å². The van der Waals surface area contributed by atoms with Crippen LogP contribution < -0.4 is 26.0 Å². The number of nitrogens with zero attached hydrogens (tertiary/aromatic N) is 3. The number of carbonyl (C=O) groups excluding carboxylic acids is 1. The van der Waals surface area contributed by atoms with Gasteiger partial charge in [-0.15, -0.1) is 0 Å². The zero-order valence-corrected chi connectivity index (χ0v) is 18.8. The lowest BCUT2D eigenvalue weighted by atomic mass is 9.75. The normalized spacial score (nSPS) is 24.4. The van der Waals surface area contributed by atoms with E-state index >= 15 is 0 Å². The highest BCUT2D eigenvalue weighted by Crippen LogP contribution is 2.40. The number of aromatic nitrogens is 2. The van der Waals surface area contributed by atoms with Gasteiger partial charge in [0.1, 0.15) is 17.4 Å². The van der Waals surface area contributed by atoms with Crippen LogP contribution in [-0.2, 0) is 4.79 Å². The summed E-state index contributed by atoms with van der Waals surface area (Å²) in [4.78, 5) is 23.2. The first kappa shape index (κ1) is 22.6. The average molecular weight is 453 g/mol. The number of benzene rings is 1. The number of dihydropyridines is 1. The van der Waals surface area contributed by atoms with Crippen LogP contribution in [0.2, 0.25) is 0 Å². The minimum atomic E-state index is -1.12. The van der Waals surface area contributed by atoms with Crippen molar-refractivity contribution in [2.45, 2.75) is 37.5 Å². The molecule has 33 heavy (non-hydrogen) atoms. The van der Waals surface area contributed by atoms with Gasteiger partial charge in [0.15, 0.2) is 0 Å². The van der Waals surface area contributed by atoms with Crippen LogP contribution in [0.5, 0.6) is 5.75 Å². The van der Waals surface area contributed by atoms with E-state index in [1.54, 1.807) is 36.7 Å². The Hall–Kier alpha value is -3.62. The highest BCUT2D eigenvalue weighted by molar-refractivity contribution is 5.94. The third-order valence-electron chi connectivity index (χ3n) is 6.15. The lowest BCUT2D eigenvalue weighted by molar-refractivity contribution is -0.118. The molecule has 0 spiro atoms. The first-order valence-electron chi connectivity index (χ1n) is 11.0. The van der Waals surface area contributed by atoms with E-state index in [1.165, 1.54) is 12.1 Å². The molecule has 1 aliphatic carbocycles. The van der Waals surface area contributed by atoms with E-state index in [4.69, 9.17) is 10.5 Å². The Kier molecular flexibility index (Phi) is 6.48.